The zero-order valence-corrected chi connectivity index (χ0v) is 79.5. The van der Waals surface area contributed by atoms with E-state index in [1.54, 1.807) is 0 Å². The quantitative estimate of drug-likeness (QED) is 0.183. The summed E-state index contributed by atoms with van der Waals surface area (Å²) < 4.78 is 0. The lowest BCUT2D eigenvalue weighted by atomic mass is 9.63. The van der Waals surface area contributed by atoms with E-state index in [0.717, 1.165) is 71.0 Å². The van der Waals surface area contributed by atoms with Gasteiger partial charge in [-0.1, -0.05) is 461 Å². The molecule has 1 unspecified atom stereocenters. The van der Waals surface area contributed by atoms with Gasteiger partial charge in [-0.15, -0.1) is 0 Å². The lowest BCUT2D eigenvalue weighted by molar-refractivity contribution is 0.0737. The Labute approximate surface area is 604 Å². The van der Waals surface area contributed by atoms with Crippen molar-refractivity contribution < 1.29 is 0 Å². The number of hydrogen-bond donors (Lipinski definition) is 0. The average Bonchev–Trinajstić information content (AvgIpc) is 1.10. The van der Waals surface area contributed by atoms with Crippen LogP contribution in [0.3, 0.4) is 0 Å². The van der Waals surface area contributed by atoms with Crippen LogP contribution in [0.1, 0.15) is 461 Å². The van der Waals surface area contributed by atoms with Crippen LogP contribution in [-0.2, 0) is 0 Å². The molecule has 0 aliphatic carbocycles. The molecule has 0 radical (unpaired) electrons. The minimum atomic E-state index is 0.418. The Hall–Kier alpha value is 0. The van der Waals surface area contributed by atoms with Crippen LogP contribution in [0, 0.1) is 147 Å². The van der Waals surface area contributed by atoms with E-state index in [1.807, 2.05) is 0 Å². The maximum Gasteiger partial charge on any atom is -0.0283 e. The molecule has 3 atom stereocenters. The Balaban J connectivity index is -0.0000000884. The molecule has 0 bridgehead atoms. The van der Waals surface area contributed by atoms with Crippen molar-refractivity contribution in [1.82, 2.24) is 0 Å². The molecule has 0 spiro atoms. The van der Waals surface area contributed by atoms with Crippen molar-refractivity contribution >= 4 is 0 Å². The van der Waals surface area contributed by atoms with Gasteiger partial charge in [-0.2, -0.15) is 0 Å². The molecular formula is C93H208. The highest BCUT2D eigenvalue weighted by atomic mass is 14.4. The molecule has 0 amide bonds. The Bertz CT molecular complexity index is 1480. The van der Waals surface area contributed by atoms with E-state index >= 15 is 0 Å². The smallest absolute Gasteiger partial charge is 0.0283 e. The Morgan fingerprint density at radius 1 is 0.204 bits per heavy atom. The summed E-state index contributed by atoms with van der Waals surface area (Å²) in [7, 11) is 0. The fourth-order valence-electron chi connectivity index (χ4n) is 6.10. The highest BCUT2D eigenvalue weighted by molar-refractivity contribution is 4.85. The van der Waals surface area contributed by atoms with E-state index in [2.05, 4.69) is 429 Å². The summed E-state index contributed by atoms with van der Waals surface area (Å²) in [5, 5.41) is 0. The standard InChI is InChI=1S/C10H22.3C9H20.7C8H18/c1-8(2)10(6,7)9(3,4)5;2*1-7-9(5,6)8(2,3)4;1-7(2)8(3)9(4,5)6;2*1-7(2,3)8(4,5)6;2*1-6-7(2)8(3,4)5;1-6-8(4,5)7(2)3;2*1-6(2)8(5)7(3)4/h8H,1-7H3;2*7H2,1-6H3;7-8H,1-6H3;2*1-6H3;3*7H,6H2,1-5H3;2*6-8H,1-5H3/t;;;8-;;;7-;;;;/m...1..1..../s1. The van der Waals surface area contributed by atoms with Crippen molar-refractivity contribution in [2.75, 3.05) is 0 Å². The van der Waals surface area contributed by atoms with Crippen molar-refractivity contribution in [3.8, 4) is 0 Å². The summed E-state index contributed by atoms with van der Waals surface area (Å²) in [6, 6.07) is 0. The van der Waals surface area contributed by atoms with Gasteiger partial charge in [-0.05, 0) is 147 Å². The van der Waals surface area contributed by atoms with E-state index in [4.69, 9.17) is 0 Å². The van der Waals surface area contributed by atoms with E-state index < -0.39 is 0 Å². The van der Waals surface area contributed by atoms with Crippen LogP contribution in [0.15, 0.2) is 0 Å². The number of rotatable bonds is 12. The van der Waals surface area contributed by atoms with Gasteiger partial charge in [0.05, 0.1) is 0 Å². The normalized spacial score (nSPS) is 14.2. The summed E-state index contributed by atoms with van der Waals surface area (Å²) in [6.07, 6.45) is 6.39. The third-order valence-electron chi connectivity index (χ3n) is 26.9. The second-order valence-corrected chi connectivity index (χ2v) is 45.0. The maximum absolute atomic E-state index is 2.34. The first-order valence-electron chi connectivity index (χ1n) is 39.7. The molecule has 0 heterocycles. The van der Waals surface area contributed by atoms with Crippen LogP contribution in [0.5, 0.6) is 0 Å². The summed E-state index contributed by atoms with van der Waals surface area (Å²) in [6.45, 7) is 142. The molecule has 0 aromatic carbocycles. The Kier molecular flexibility index (Phi) is 61.4. The van der Waals surface area contributed by atoms with E-state index in [1.165, 1.54) is 32.1 Å². The summed E-state index contributed by atoms with van der Waals surface area (Å²) in [5.74, 6) is 10.0. The zero-order chi connectivity index (χ0) is 79.5. The molecule has 0 heteroatoms. The van der Waals surface area contributed by atoms with Crippen LogP contribution in [-0.4, -0.2) is 0 Å². The van der Waals surface area contributed by atoms with Crippen molar-refractivity contribution in [2.45, 2.75) is 461 Å². The molecule has 0 aromatic heterocycles. The Morgan fingerprint density at radius 3 is 0.398 bits per heavy atom. The van der Waals surface area contributed by atoms with Crippen LogP contribution < -0.4 is 0 Å². The van der Waals surface area contributed by atoms with Crippen LogP contribution in [0.4, 0.5) is 0 Å². The lowest BCUT2D eigenvalue weighted by Gasteiger charge is -2.42. The SMILES string of the molecule is CC(C)(C)C(C)(C)C.CC(C)(C)C(C)(C)C.CC(C)C(C)(C)C(C)(C)C.CC(C)C(C)C(C)C.CC(C)C(C)C(C)C.CC(C)[C@@H](C)C(C)(C)C.CCC(C)(C)C(C)(C)C.CCC(C)(C)C(C)(C)C.CCC(C)(C)C(C)C.CCC(C)C(C)(C)C.CC[C@@H](C)C(C)(C)C. The number of hydrogen-bond acceptors (Lipinski definition) is 0. The predicted molar refractivity (Wildman–Crippen MR) is 451 cm³/mol. The van der Waals surface area contributed by atoms with Gasteiger partial charge in [0.2, 0.25) is 0 Å². The van der Waals surface area contributed by atoms with Crippen LogP contribution in [0.2, 0.25) is 0 Å². The molecule has 0 aromatic rings. The van der Waals surface area contributed by atoms with Gasteiger partial charge in [-0.3, -0.25) is 0 Å². The summed E-state index contributed by atoms with van der Waals surface area (Å²) >= 11 is 0. The minimum absolute atomic E-state index is 0.418. The van der Waals surface area contributed by atoms with Crippen LogP contribution >= 0.6 is 0 Å². The Morgan fingerprint density at radius 2 is 0.398 bits per heavy atom. The van der Waals surface area contributed by atoms with Gasteiger partial charge >= 0.3 is 0 Å². The second kappa shape index (κ2) is 48.8. The largest absolute Gasteiger partial charge is 0.0651 e. The molecule has 93 heavy (non-hydrogen) atoms. The molecule has 0 rings (SSSR count). The van der Waals surface area contributed by atoms with Gasteiger partial charge < -0.3 is 0 Å². The fraction of sp³-hybridized carbons (Fsp3) is 1.00. The summed E-state index contributed by atoms with van der Waals surface area (Å²) in [5.41, 5.74) is 6.50. The molecule has 0 N–H and O–H groups in total. The van der Waals surface area contributed by atoms with Gasteiger partial charge in [0, 0.05) is 0 Å². The van der Waals surface area contributed by atoms with E-state index in [9.17, 15) is 0 Å². The van der Waals surface area contributed by atoms with Crippen molar-refractivity contribution in [3.05, 3.63) is 0 Å². The molecule has 0 saturated carbocycles. The predicted octanol–water partition coefficient (Wildman–Crippen LogP) is 35.2. The van der Waals surface area contributed by atoms with Crippen molar-refractivity contribution in [2.24, 2.45) is 147 Å². The van der Waals surface area contributed by atoms with E-state index in [0.29, 0.717) is 75.8 Å². The maximum atomic E-state index is 2.34. The van der Waals surface area contributed by atoms with Gasteiger partial charge in [0.1, 0.15) is 0 Å². The fourth-order valence-corrected chi connectivity index (χ4v) is 6.10. The van der Waals surface area contributed by atoms with Gasteiger partial charge in [0.15, 0.2) is 0 Å². The first kappa shape index (κ1) is 117. The molecule has 0 saturated heterocycles. The summed E-state index contributed by atoms with van der Waals surface area (Å²) in [4.78, 5) is 0. The highest BCUT2D eigenvalue weighted by Gasteiger charge is 2.36. The second-order valence-electron chi connectivity index (χ2n) is 45.0. The first-order valence-corrected chi connectivity index (χ1v) is 39.7. The molecule has 0 aliphatic rings. The molecular weight excluding hydrogens is 1120 g/mol. The minimum Gasteiger partial charge on any atom is -0.0651 e. The van der Waals surface area contributed by atoms with Crippen LogP contribution in [0.25, 0.3) is 0 Å². The van der Waals surface area contributed by atoms with Gasteiger partial charge in [-0.25, -0.2) is 0 Å². The third-order valence-corrected chi connectivity index (χ3v) is 26.9. The molecule has 0 fully saturated rings. The average molecular weight is 1330 g/mol. The van der Waals surface area contributed by atoms with E-state index in [-0.39, 0.29) is 0 Å². The third kappa shape index (κ3) is 63.9. The first-order chi connectivity index (χ1) is 39.7. The van der Waals surface area contributed by atoms with Gasteiger partial charge in [0.25, 0.3) is 0 Å². The zero-order valence-electron chi connectivity index (χ0n) is 79.5. The van der Waals surface area contributed by atoms with Crippen molar-refractivity contribution in [1.29, 1.82) is 0 Å². The highest BCUT2D eigenvalue weighted by Crippen LogP contribution is 2.44. The topological polar surface area (TPSA) is 0 Å². The molecule has 0 aliphatic heterocycles. The molecule has 580 valence electrons. The lowest BCUT2D eigenvalue weighted by Crippen LogP contribution is -2.34. The van der Waals surface area contributed by atoms with Crippen molar-refractivity contribution in [3.63, 3.8) is 0 Å². The monoisotopic (exact) mass is 1330 g/mol. The molecule has 0 nitrogen and oxygen atoms in total.